The summed E-state index contributed by atoms with van der Waals surface area (Å²) in [6.07, 6.45) is 0. The van der Waals surface area contributed by atoms with Crippen molar-refractivity contribution in [3.63, 3.8) is 0 Å². The van der Waals surface area contributed by atoms with Crippen LogP contribution in [0, 0.1) is 0 Å². The molecule has 0 aliphatic heterocycles. The highest BCUT2D eigenvalue weighted by Gasteiger charge is 2.18. The number of hydrogen-bond donors (Lipinski definition) is 0. The van der Waals surface area contributed by atoms with Crippen LogP contribution in [0.3, 0.4) is 0 Å². The molecule has 1 heteroatoms. The van der Waals surface area contributed by atoms with Crippen molar-refractivity contribution in [1.82, 2.24) is 0 Å². The van der Waals surface area contributed by atoms with Gasteiger partial charge in [0, 0.05) is 10.8 Å². The van der Waals surface area contributed by atoms with Crippen LogP contribution in [0.15, 0.2) is 162 Å². The van der Waals surface area contributed by atoms with E-state index in [-0.39, 0.29) is 0 Å². The van der Waals surface area contributed by atoms with Gasteiger partial charge in [0.05, 0.1) is 0 Å². The standard InChI is InChI=1S/C42H26O/c1-2-12-29(13-3-1)39-33-15-6-8-17-35(33)40(36-18-9-7-16-34(36)39)30-23-21-28(22-24-30)32-19-10-20-37-41(32)42-31-14-5-4-11-27(31)25-26-38(42)43-37/h1-26H. The van der Waals surface area contributed by atoms with E-state index in [2.05, 4.69) is 158 Å². The summed E-state index contributed by atoms with van der Waals surface area (Å²) in [5, 5.41) is 9.87. The van der Waals surface area contributed by atoms with Crippen LogP contribution < -0.4 is 0 Å². The van der Waals surface area contributed by atoms with Gasteiger partial charge in [0.15, 0.2) is 0 Å². The highest BCUT2D eigenvalue weighted by atomic mass is 16.3. The Hall–Kier alpha value is -5.66. The molecule has 0 saturated carbocycles. The normalized spacial score (nSPS) is 11.7. The van der Waals surface area contributed by atoms with E-state index in [1.54, 1.807) is 0 Å². The van der Waals surface area contributed by atoms with E-state index < -0.39 is 0 Å². The van der Waals surface area contributed by atoms with E-state index in [0.717, 1.165) is 11.2 Å². The summed E-state index contributed by atoms with van der Waals surface area (Å²) in [6, 6.07) is 56.7. The molecule has 9 rings (SSSR count). The maximum absolute atomic E-state index is 6.36. The van der Waals surface area contributed by atoms with Crippen LogP contribution in [0.4, 0.5) is 0 Å². The Morgan fingerprint density at radius 1 is 0.302 bits per heavy atom. The molecule has 0 bridgehead atoms. The lowest BCUT2D eigenvalue weighted by atomic mass is 9.85. The first-order chi connectivity index (χ1) is 21.3. The molecule has 0 aliphatic rings. The first-order valence-electron chi connectivity index (χ1n) is 14.8. The lowest BCUT2D eigenvalue weighted by Gasteiger charge is -2.18. The van der Waals surface area contributed by atoms with E-state index in [9.17, 15) is 0 Å². The molecule has 0 saturated heterocycles. The van der Waals surface area contributed by atoms with Crippen LogP contribution in [0.1, 0.15) is 0 Å². The van der Waals surface area contributed by atoms with Gasteiger partial charge in [-0.2, -0.15) is 0 Å². The number of fused-ring (bicyclic) bond motifs is 7. The first-order valence-corrected chi connectivity index (χ1v) is 14.8. The van der Waals surface area contributed by atoms with Gasteiger partial charge in [-0.15, -0.1) is 0 Å². The Kier molecular flexibility index (Phi) is 5.27. The molecule has 1 nitrogen and oxygen atoms in total. The predicted octanol–water partition coefficient (Wildman–Crippen LogP) is 12.0. The van der Waals surface area contributed by atoms with Crippen molar-refractivity contribution in [2.75, 3.05) is 0 Å². The minimum atomic E-state index is 0.918. The van der Waals surface area contributed by atoms with Crippen molar-refractivity contribution in [2.24, 2.45) is 0 Å². The lowest BCUT2D eigenvalue weighted by Crippen LogP contribution is -1.90. The zero-order chi connectivity index (χ0) is 28.3. The number of rotatable bonds is 3. The molecular weight excluding hydrogens is 520 g/mol. The van der Waals surface area contributed by atoms with Gasteiger partial charge < -0.3 is 4.42 Å². The molecule has 0 unspecified atom stereocenters. The van der Waals surface area contributed by atoms with E-state index in [4.69, 9.17) is 4.42 Å². The summed E-state index contributed by atoms with van der Waals surface area (Å²) < 4.78 is 6.36. The minimum absolute atomic E-state index is 0.918. The molecule has 0 fully saturated rings. The molecule has 0 amide bonds. The number of hydrogen-bond acceptors (Lipinski definition) is 1. The van der Waals surface area contributed by atoms with Crippen molar-refractivity contribution in [1.29, 1.82) is 0 Å². The lowest BCUT2D eigenvalue weighted by molar-refractivity contribution is 0.669. The third-order valence-electron chi connectivity index (χ3n) is 8.87. The van der Waals surface area contributed by atoms with Crippen LogP contribution >= 0.6 is 0 Å². The zero-order valence-corrected chi connectivity index (χ0v) is 23.4. The summed E-state index contributed by atoms with van der Waals surface area (Å²) in [4.78, 5) is 0. The zero-order valence-electron chi connectivity index (χ0n) is 23.4. The van der Waals surface area contributed by atoms with E-state index in [1.165, 1.54) is 76.5 Å². The van der Waals surface area contributed by atoms with Gasteiger partial charge in [-0.1, -0.05) is 146 Å². The molecule has 0 spiro atoms. The van der Waals surface area contributed by atoms with Crippen molar-refractivity contribution >= 4 is 54.3 Å². The summed E-state index contributed by atoms with van der Waals surface area (Å²) in [6.45, 7) is 0. The van der Waals surface area contributed by atoms with Crippen LogP contribution in [0.25, 0.3) is 87.6 Å². The molecule has 0 radical (unpaired) electrons. The Morgan fingerprint density at radius 3 is 1.47 bits per heavy atom. The van der Waals surface area contributed by atoms with Gasteiger partial charge in [-0.3, -0.25) is 0 Å². The predicted molar refractivity (Wildman–Crippen MR) is 183 cm³/mol. The van der Waals surface area contributed by atoms with E-state index in [1.807, 2.05) is 0 Å². The van der Waals surface area contributed by atoms with Gasteiger partial charge in [0.25, 0.3) is 0 Å². The number of furan rings is 1. The first kappa shape index (κ1) is 24.0. The van der Waals surface area contributed by atoms with Crippen LogP contribution in [0.5, 0.6) is 0 Å². The summed E-state index contributed by atoms with van der Waals surface area (Å²) in [7, 11) is 0. The smallest absolute Gasteiger partial charge is 0.136 e. The number of benzene rings is 8. The third-order valence-corrected chi connectivity index (χ3v) is 8.87. The average Bonchev–Trinajstić information content (AvgIpc) is 3.47. The monoisotopic (exact) mass is 546 g/mol. The SMILES string of the molecule is c1ccc(-c2c3ccccc3c(-c3ccc(-c4cccc5oc6ccc7ccccc7c6c45)cc3)c3ccccc23)cc1. The molecule has 1 aromatic heterocycles. The van der Waals surface area contributed by atoms with Crippen molar-refractivity contribution in [2.45, 2.75) is 0 Å². The quantitative estimate of drug-likeness (QED) is 0.201. The fraction of sp³-hybridized carbons (Fsp3) is 0. The summed E-state index contributed by atoms with van der Waals surface area (Å²) >= 11 is 0. The second-order valence-corrected chi connectivity index (χ2v) is 11.2. The molecule has 9 aromatic rings. The molecule has 1 heterocycles. The third kappa shape index (κ3) is 3.65. The Morgan fingerprint density at radius 2 is 0.814 bits per heavy atom. The fourth-order valence-electron chi connectivity index (χ4n) is 7.00. The minimum Gasteiger partial charge on any atom is -0.456 e. The molecule has 0 aliphatic carbocycles. The van der Waals surface area contributed by atoms with Gasteiger partial charge in [-0.25, -0.2) is 0 Å². The van der Waals surface area contributed by atoms with E-state index in [0.29, 0.717) is 0 Å². The Bertz CT molecular complexity index is 2420. The summed E-state index contributed by atoms with van der Waals surface area (Å²) in [5.74, 6) is 0. The summed E-state index contributed by atoms with van der Waals surface area (Å²) in [5.41, 5.74) is 9.23. The second-order valence-electron chi connectivity index (χ2n) is 11.2. The van der Waals surface area contributed by atoms with E-state index >= 15 is 0 Å². The molecule has 0 atom stereocenters. The molecule has 200 valence electrons. The van der Waals surface area contributed by atoms with Crippen LogP contribution in [-0.4, -0.2) is 0 Å². The highest BCUT2D eigenvalue weighted by molar-refractivity contribution is 6.23. The maximum atomic E-state index is 6.36. The van der Waals surface area contributed by atoms with Crippen molar-refractivity contribution in [3.8, 4) is 33.4 Å². The van der Waals surface area contributed by atoms with Crippen molar-refractivity contribution < 1.29 is 4.42 Å². The van der Waals surface area contributed by atoms with Gasteiger partial charge in [-0.05, 0) is 77.8 Å². The molecule has 8 aromatic carbocycles. The highest BCUT2D eigenvalue weighted by Crippen LogP contribution is 2.45. The van der Waals surface area contributed by atoms with Crippen LogP contribution in [0.2, 0.25) is 0 Å². The van der Waals surface area contributed by atoms with Gasteiger partial charge in [0.2, 0.25) is 0 Å². The fourth-order valence-corrected chi connectivity index (χ4v) is 7.00. The van der Waals surface area contributed by atoms with Crippen molar-refractivity contribution in [3.05, 3.63) is 158 Å². The average molecular weight is 547 g/mol. The largest absolute Gasteiger partial charge is 0.456 e. The van der Waals surface area contributed by atoms with Crippen LogP contribution in [-0.2, 0) is 0 Å². The molecular formula is C42H26O. The second kappa shape index (κ2) is 9.44. The van der Waals surface area contributed by atoms with Gasteiger partial charge in [0.1, 0.15) is 11.2 Å². The maximum Gasteiger partial charge on any atom is 0.136 e. The molecule has 43 heavy (non-hydrogen) atoms. The Balaban J connectivity index is 1.27. The molecule has 0 N–H and O–H groups in total. The topological polar surface area (TPSA) is 13.1 Å². The van der Waals surface area contributed by atoms with Gasteiger partial charge >= 0.3 is 0 Å². The Labute approximate surface area is 249 Å².